The van der Waals surface area contributed by atoms with Gasteiger partial charge in [-0.1, -0.05) is 0 Å². The Kier molecular flexibility index (Phi) is 5.53. The highest BCUT2D eigenvalue weighted by Gasteiger charge is 2.18. The number of nitro benzene ring substituents is 1. The lowest BCUT2D eigenvalue weighted by Crippen LogP contribution is -2.09. The summed E-state index contributed by atoms with van der Waals surface area (Å²) in [6.45, 7) is 0.251. The Morgan fingerprint density at radius 3 is 2.68 bits per heavy atom. The van der Waals surface area contributed by atoms with E-state index in [4.69, 9.17) is 19.8 Å². The van der Waals surface area contributed by atoms with Gasteiger partial charge in [-0.05, 0) is 0 Å². The van der Waals surface area contributed by atoms with Gasteiger partial charge in [-0.2, -0.15) is 5.26 Å². The second kappa shape index (κ2) is 7.15. The zero-order valence-electron chi connectivity index (χ0n) is 9.90. The van der Waals surface area contributed by atoms with Crippen molar-refractivity contribution in [2.45, 2.75) is 0 Å². The minimum atomic E-state index is -0.729. The van der Waals surface area contributed by atoms with Gasteiger partial charge in [0.1, 0.15) is 18.2 Å². The van der Waals surface area contributed by atoms with Gasteiger partial charge in [0.15, 0.2) is 11.5 Å². The van der Waals surface area contributed by atoms with Crippen LogP contribution in [-0.2, 0) is 4.74 Å². The number of benzene rings is 1. The number of aromatic hydroxyl groups is 1. The van der Waals surface area contributed by atoms with Gasteiger partial charge in [-0.3, -0.25) is 10.1 Å². The summed E-state index contributed by atoms with van der Waals surface area (Å²) in [5.74, 6) is -0.456. The number of phenols is 1. The van der Waals surface area contributed by atoms with Gasteiger partial charge in [-0.15, -0.1) is 0 Å². The smallest absolute Gasteiger partial charge is 0.291 e. The van der Waals surface area contributed by atoms with Crippen molar-refractivity contribution in [3.05, 3.63) is 27.8 Å². The van der Waals surface area contributed by atoms with Crippen molar-refractivity contribution < 1.29 is 24.6 Å². The predicted molar refractivity (Wildman–Crippen MR) is 62.9 cm³/mol. The first kappa shape index (κ1) is 14.7. The van der Waals surface area contributed by atoms with E-state index in [-0.39, 0.29) is 43.5 Å². The highest BCUT2D eigenvalue weighted by atomic mass is 16.6. The molecular formula is C11H12N2O6. The van der Waals surface area contributed by atoms with Crippen LogP contribution in [0.3, 0.4) is 0 Å². The minimum absolute atomic E-state index is 0.0522. The van der Waals surface area contributed by atoms with Crippen LogP contribution in [0.4, 0.5) is 5.69 Å². The molecule has 0 aromatic heterocycles. The molecule has 0 aliphatic heterocycles. The molecule has 0 aliphatic carbocycles. The standard InChI is InChI=1S/C11H12N2O6/c12-7-8-5-10(15)11(6-9(8)13(16)17)19-4-3-18-2-1-14/h5-6,14-15H,1-4H2. The van der Waals surface area contributed by atoms with Gasteiger partial charge in [0, 0.05) is 6.07 Å². The summed E-state index contributed by atoms with van der Waals surface area (Å²) in [5.41, 5.74) is -0.682. The summed E-state index contributed by atoms with van der Waals surface area (Å²) in [4.78, 5) is 10.00. The third-order valence-corrected chi connectivity index (χ3v) is 2.12. The maximum Gasteiger partial charge on any atom is 0.291 e. The number of nitrogens with zero attached hydrogens (tertiary/aromatic N) is 2. The van der Waals surface area contributed by atoms with Crippen molar-refractivity contribution in [3.8, 4) is 17.6 Å². The van der Waals surface area contributed by atoms with Gasteiger partial charge in [0.05, 0.1) is 30.8 Å². The molecule has 0 atom stereocenters. The average molecular weight is 268 g/mol. The van der Waals surface area contributed by atoms with E-state index in [1.54, 1.807) is 6.07 Å². The molecule has 0 saturated carbocycles. The zero-order valence-corrected chi connectivity index (χ0v) is 9.90. The molecule has 0 heterocycles. The first-order valence-corrected chi connectivity index (χ1v) is 5.33. The third kappa shape index (κ3) is 4.09. The van der Waals surface area contributed by atoms with E-state index in [0.29, 0.717) is 0 Å². The van der Waals surface area contributed by atoms with Crippen LogP contribution in [0.2, 0.25) is 0 Å². The van der Waals surface area contributed by atoms with Crippen LogP contribution in [0.15, 0.2) is 12.1 Å². The molecule has 1 aromatic carbocycles. The second-order valence-electron chi connectivity index (χ2n) is 3.39. The first-order valence-electron chi connectivity index (χ1n) is 5.33. The van der Waals surface area contributed by atoms with Crippen molar-refractivity contribution in [1.29, 1.82) is 5.26 Å². The normalized spacial score (nSPS) is 9.89. The number of hydrogen-bond acceptors (Lipinski definition) is 7. The molecule has 8 heteroatoms. The molecule has 0 fully saturated rings. The van der Waals surface area contributed by atoms with Crippen LogP contribution >= 0.6 is 0 Å². The van der Waals surface area contributed by atoms with Crippen molar-refractivity contribution in [3.63, 3.8) is 0 Å². The van der Waals surface area contributed by atoms with Crippen LogP contribution in [0.5, 0.6) is 11.5 Å². The van der Waals surface area contributed by atoms with Crippen LogP contribution in [0.25, 0.3) is 0 Å². The van der Waals surface area contributed by atoms with Crippen LogP contribution in [0.1, 0.15) is 5.56 Å². The fourth-order valence-electron chi connectivity index (χ4n) is 1.29. The molecular weight excluding hydrogens is 256 g/mol. The molecule has 1 aromatic rings. The van der Waals surface area contributed by atoms with E-state index in [0.717, 1.165) is 12.1 Å². The molecule has 102 valence electrons. The second-order valence-corrected chi connectivity index (χ2v) is 3.39. The fraction of sp³-hybridized carbons (Fsp3) is 0.364. The molecule has 1 rings (SSSR count). The maximum atomic E-state index is 10.7. The summed E-state index contributed by atoms with van der Waals surface area (Å²) >= 11 is 0. The molecule has 0 amide bonds. The van der Waals surface area contributed by atoms with E-state index in [2.05, 4.69) is 0 Å². The number of rotatable bonds is 7. The van der Waals surface area contributed by atoms with Crippen LogP contribution < -0.4 is 4.74 Å². The fourth-order valence-corrected chi connectivity index (χ4v) is 1.29. The number of phenolic OH excluding ortho intramolecular Hbond substituents is 1. The SMILES string of the molecule is N#Cc1cc(O)c(OCCOCCO)cc1[N+](=O)[O-]. The molecule has 0 bridgehead atoms. The lowest BCUT2D eigenvalue weighted by Gasteiger charge is -2.08. The van der Waals surface area contributed by atoms with Crippen molar-refractivity contribution in [1.82, 2.24) is 0 Å². The Labute approximate surface area is 108 Å². The Balaban J connectivity index is 2.76. The quantitative estimate of drug-likeness (QED) is 0.420. The Morgan fingerprint density at radius 2 is 2.11 bits per heavy atom. The number of hydrogen-bond donors (Lipinski definition) is 2. The molecule has 8 nitrogen and oxygen atoms in total. The van der Waals surface area contributed by atoms with Crippen LogP contribution in [-0.4, -0.2) is 41.6 Å². The Hall–Kier alpha value is -2.37. The monoisotopic (exact) mass is 268 g/mol. The summed E-state index contributed by atoms with van der Waals surface area (Å²) in [5, 5.41) is 37.5. The summed E-state index contributed by atoms with van der Waals surface area (Å²) in [6.07, 6.45) is 0. The van der Waals surface area contributed by atoms with Crippen LogP contribution in [0, 0.1) is 21.4 Å². The third-order valence-electron chi connectivity index (χ3n) is 2.12. The number of nitriles is 1. The minimum Gasteiger partial charge on any atom is -0.504 e. The summed E-state index contributed by atoms with van der Waals surface area (Å²) in [7, 11) is 0. The van der Waals surface area contributed by atoms with Gasteiger partial charge >= 0.3 is 0 Å². The molecule has 2 N–H and O–H groups in total. The predicted octanol–water partition coefficient (Wildman–Crippen LogP) is 0.560. The van der Waals surface area contributed by atoms with E-state index >= 15 is 0 Å². The van der Waals surface area contributed by atoms with Crippen molar-refractivity contribution in [2.75, 3.05) is 26.4 Å². The molecule has 0 saturated heterocycles. The molecule has 0 radical (unpaired) electrons. The Bertz CT molecular complexity index is 497. The first-order chi connectivity index (χ1) is 9.10. The number of ether oxygens (including phenoxy) is 2. The van der Waals surface area contributed by atoms with Gasteiger partial charge in [0.2, 0.25) is 0 Å². The largest absolute Gasteiger partial charge is 0.504 e. The summed E-state index contributed by atoms with van der Waals surface area (Å²) in [6, 6.07) is 3.58. The molecule has 0 spiro atoms. The number of aliphatic hydroxyl groups excluding tert-OH is 1. The van der Waals surface area contributed by atoms with Crippen molar-refractivity contribution in [2.24, 2.45) is 0 Å². The lowest BCUT2D eigenvalue weighted by atomic mass is 10.2. The Morgan fingerprint density at radius 1 is 1.37 bits per heavy atom. The lowest BCUT2D eigenvalue weighted by molar-refractivity contribution is -0.385. The number of aliphatic hydroxyl groups is 1. The van der Waals surface area contributed by atoms with Crippen molar-refractivity contribution >= 4 is 5.69 Å². The molecule has 0 unspecified atom stereocenters. The van der Waals surface area contributed by atoms with Gasteiger partial charge < -0.3 is 19.7 Å². The number of nitro groups is 1. The van der Waals surface area contributed by atoms with Gasteiger partial charge in [0.25, 0.3) is 5.69 Å². The van der Waals surface area contributed by atoms with E-state index in [1.165, 1.54) is 0 Å². The van der Waals surface area contributed by atoms with E-state index in [9.17, 15) is 15.2 Å². The van der Waals surface area contributed by atoms with Gasteiger partial charge in [-0.25, -0.2) is 0 Å². The van der Waals surface area contributed by atoms with E-state index in [1.807, 2.05) is 0 Å². The maximum absolute atomic E-state index is 10.7. The topological polar surface area (TPSA) is 126 Å². The summed E-state index contributed by atoms with van der Waals surface area (Å²) < 4.78 is 10.0. The molecule has 19 heavy (non-hydrogen) atoms. The zero-order chi connectivity index (χ0) is 14.3. The average Bonchev–Trinajstić information content (AvgIpc) is 2.39. The molecule has 0 aliphatic rings. The highest BCUT2D eigenvalue weighted by Crippen LogP contribution is 2.33. The van der Waals surface area contributed by atoms with E-state index < -0.39 is 10.6 Å². The highest BCUT2D eigenvalue weighted by molar-refractivity contribution is 5.58.